The van der Waals surface area contributed by atoms with E-state index in [1.807, 2.05) is 0 Å². The minimum Gasteiger partial charge on any atom is -0.397 e. The molecule has 0 aliphatic carbocycles. The summed E-state index contributed by atoms with van der Waals surface area (Å²) in [5.41, 5.74) is 6.69. The molecule has 0 unspecified atom stereocenters. The fourth-order valence-corrected chi connectivity index (χ4v) is 2.30. The number of benzene rings is 1. The normalized spacial score (nSPS) is 11.7. The van der Waals surface area contributed by atoms with Crippen molar-refractivity contribution in [1.29, 1.82) is 0 Å². The van der Waals surface area contributed by atoms with Crippen LogP contribution in [-0.2, 0) is 10.0 Å². The van der Waals surface area contributed by atoms with Crippen molar-refractivity contribution in [1.82, 2.24) is 0 Å². The fraction of sp³-hybridized carbons (Fsp3) is 0.400. The molecule has 0 fully saturated rings. The van der Waals surface area contributed by atoms with Gasteiger partial charge in [0.15, 0.2) is 0 Å². The lowest BCUT2D eigenvalue weighted by Crippen LogP contribution is -2.33. The van der Waals surface area contributed by atoms with Crippen LogP contribution in [0.1, 0.15) is 13.8 Å². The molecule has 0 heterocycles. The van der Waals surface area contributed by atoms with Gasteiger partial charge in [0.05, 0.1) is 16.6 Å². The maximum absolute atomic E-state index is 11.9. The van der Waals surface area contributed by atoms with E-state index in [0.29, 0.717) is 11.4 Å². The molecule has 5 heteroatoms. The summed E-state index contributed by atoms with van der Waals surface area (Å²) in [7, 11) is -1.78. The highest BCUT2D eigenvalue weighted by Crippen LogP contribution is 2.24. The Bertz CT molecular complexity index is 440. The van der Waals surface area contributed by atoms with Crippen LogP contribution in [0, 0.1) is 0 Å². The van der Waals surface area contributed by atoms with E-state index >= 15 is 0 Å². The van der Waals surface area contributed by atoms with Crippen molar-refractivity contribution >= 4 is 21.4 Å². The van der Waals surface area contributed by atoms with Crippen LogP contribution in [0.25, 0.3) is 0 Å². The van der Waals surface area contributed by atoms with Crippen molar-refractivity contribution in [2.24, 2.45) is 0 Å². The second kappa shape index (κ2) is 4.10. The van der Waals surface area contributed by atoms with E-state index in [0.717, 1.165) is 0 Å². The molecule has 1 rings (SSSR count). The van der Waals surface area contributed by atoms with E-state index in [1.54, 1.807) is 38.1 Å². The summed E-state index contributed by atoms with van der Waals surface area (Å²) in [4.78, 5) is 0. The lowest BCUT2D eigenvalue weighted by atomic mass is 10.3. The Labute approximate surface area is 90.8 Å². The van der Waals surface area contributed by atoms with Gasteiger partial charge < -0.3 is 5.73 Å². The predicted molar refractivity (Wildman–Crippen MR) is 63.3 cm³/mol. The number of nitrogens with two attached hydrogens (primary N) is 1. The van der Waals surface area contributed by atoms with Crippen LogP contribution >= 0.6 is 0 Å². The molecular weight excluding hydrogens is 212 g/mol. The molecule has 84 valence electrons. The standard InChI is InChI=1S/C10H16N2O2S/c1-8(2)15(13,14)12(3)10-7-5-4-6-9(10)11/h4-8H,11H2,1-3H3. The van der Waals surface area contributed by atoms with Gasteiger partial charge in [-0.25, -0.2) is 8.42 Å². The number of hydrogen-bond donors (Lipinski definition) is 1. The first-order valence-electron chi connectivity index (χ1n) is 4.69. The minimum absolute atomic E-state index is 0.456. The zero-order valence-electron chi connectivity index (χ0n) is 9.14. The summed E-state index contributed by atoms with van der Waals surface area (Å²) < 4.78 is 24.9. The lowest BCUT2D eigenvalue weighted by Gasteiger charge is -2.22. The second-order valence-corrected chi connectivity index (χ2v) is 6.14. The largest absolute Gasteiger partial charge is 0.397 e. The molecule has 4 nitrogen and oxygen atoms in total. The van der Waals surface area contributed by atoms with E-state index in [2.05, 4.69) is 0 Å². The first-order valence-corrected chi connectivity index (χ1v) is 6.20. The molecular formula is C10H16N2O2S. The average molecular weight is 228 g/mol. The quantitative estimate of drug-likeness (QED) is 0.796. The van der Waals surface area contributed by atoms with Gasteiger partial charge in [0.1, 0.15) is 0 Å². The Hall–Kier alpha value is -1.23. The van der Waals surface area contributed by atoms with Crippen LogP contribution in [-0.4, -0.2) is 20.7 Å². The Morgan fingerprint density at radius 2 is 1.80 bits per heavy atom. The Morgan fingerprint density at radius 1 is 1.27 bits per heavy atom. The first-order chi connectivity index (χ1) is 6.87. The molecule has 0 aliphatic heterocycles. The lowest BCUT2D eigenvalue weighted by molar-refractivity contribution is 0.585. The number of nitrogens with zero attached hydrogens (tertiary/aromatic N) is 1. The molecule has 0 radical (unpaired) electrons. The van der Waals surface area contributed by atoms with Crippen molar-refractivity contribution < 1.29 is 8.42 Å². The summed E-state index contributed by atoms with van der Waals surface area (Å²) in [5.74, 6) is 0. The van der Waals surface area contributed by atoms with Crippen LogP contribution in [0.5, 0.6) is 0 Å². The smallest absolute Gasteiger partial charge is 0.237 e. The number of anilines is 2. The van der Waals surface area contributed by atoms with E-state index < -0.39 is 15.3 Å². The van der Waals surface area contributed by atoms with Gasteiger partial charge in [-0.05, 0) is 26.0 Å². The van der Waals surface area contributed by atoms with E-state index in [9.17, 15) is 8.42 Å². The SMILES string of the molecule is CC(C)S(=O)(=O)N(C)c1ccccc1N. The second-order valence-electron chi connectivity index (χ2n) is 3.62. The summed E-state index contributed by atoms with van der Waals surface area (Å²) in [6.07, 6.45) is 0. The van der Waals surface area contributed by atoms with Gasteiger partial charge >= 0.3 is 0 Å². The molecule has 0 amide bonds. The fourth-order valence-electron chi connectivity index (χ4n) is 1.23. The summed E-state index contributed by atoms with van der Waals surface area (Å²) in [6.45, 7) is 3.29. The summed E-state index contributed by atoms with van der Waals surface area (Å²) >= 11 is 0. The Morgan fingerprint density at radius 3 is 2.27 bits per heavy atom. The van der Waals surface area contributed by atoms with Gasteiger partial charge in [0, 0.05) is 7.05 Å². The first kappa shape index (κ1) is 11.8. The van der Waals surface area contributed by atoms with Gasteiger partial charge in [0.2, 0.25) is 10.0 Å². The number of hydrogen-bond acceptors (Lipinski definition) is 3. The minimum atomic E-state index is -3.30. The van der Waals surface area contributed by atoms with Gasteiger partial charge in [0.25, 0.3) is 0 Å². The van der Waals surface area contributed by atoms with Gasteiger partial charge in [-0.3, -0.25) is 4.31 Å². The van der Waals surface area contributed by atoms with E-state index in [-0.39, 0.29) is 0 Å². The highest BCUT2D eigenvalue weighted by molar-refractivity contribution is 7.93. The maximum atomic E-state index is 11.9. The third-order valence-electron chi connectivity index (χ3n) is 2.25. The molecule has 1 aromatic rings. The number of rotatable bonds is 3. The average Bonchev–Trinajstić information content (AvgIpc) is 2.17. The van der Waals surface area contributed by atoms with Crippen LogP contribution in [0.4, 0.5) is 11.4 Å². The zero-order chi connectivity index (χ0) is 11.6. The third kappa shape index (κ3) is 2.23. The summed E-state index contributed by atoms with van der Waals surface area (Å²) in [6, 6.07) is 6.91. The summed E-state index contributed by atoms with van der Waals surface area (Å²) in [5, 5.41) is -0.456. The molecule has 2 N–H and O–H groups in total. The van der Waals surface area contributed by atoms with Crippen molar-refractivity contribution in [3.8, 4) is 0 Å². The molecule has 0 saturated heterocycles. The zero-order valence-corrected chi connectivity index (χ0v) is 9.95. The van der Waals surface area contributed by atoms with E-state index in [4.69, 9.17) is 5.73 Å². The van der Waals surface area contributed by atoms with Crippen LogP contribution < -0.4 is 10.0 Å². The maximum Gasteiger partial charge on any atom is 0.237 e. The van der Waals surface area contributed by atoms with Crippen molar-refractivity contribution in [3.63, 3.8) is 0 Å². The molecule has 0 atom stereocenters. The molecule has 0 saturated carbocycles. The van der Waals surface area contributed by atoms with Gasteiger partial charge in [-0.1, -0.05) is 12.1 Å². The van der Waals surface area contributed by atoms with Crippen LogP contribution in [0.2, 0.25) is 0 Å². The highest BCUT2D eigenvalue weighted by atomic mass is 32.2. The molecule has 0 aliphatic rings. The Balaban J connectivity index is 3.17. The molecule has 0 aromatic heterocycles. The topological polar surface area (TPSA) is 63.4 Å². The van der Waals surface area contributed by atoms with E-state index in [1.165, 1.54) is 11.4 Å². The van der Waals surface area contributed by atoms with Crippen molar-refractivity contribution in [3.05, 3.63) is 24.3 Å². The monoisotopic (exact) mass is 228 g/mol. The predicted octanol–water partition coefficient (Wildman–Crippen LogP) is 1.44. The highest BCUT2D eigenvalue weighted by Gasteiger charge is 2.23. The van der Waals surface area contributed by atoms with Gasteiger partial charge in [-0.15, -0.1) is 0 Å². The van der Waals surface area contributed by atoms with Crippen LogP contribution in [0.15, 0.2) is 24.3 Å². The van der Waals surface area contributed by atoms with Crippen LogP contribution in [0.3, 0.4) is 0 Å². The van der Waals surface area contributed by atoms with Gasteiger partial charge in [-0.2, -0.15) is 0 Å². The molecule has 15 heavy (non-hydrogen) atoms. The number of nitrogen functional groups attached to an aromatic ring is 1. The molecule has 0 spiro atoms. The molecule has 1 aromatic carbocycles. The van der Waals surface area contributed by atoms with Crippen molar-refractivity contribution in [2.45, 2.75) is 19.1 Å². The van der Waals surface area contributed by atoms with Crippen molar-refractivity contribution in [2.75, 3.05) is 17.1 Å². The molecule has 0 bridgehead atoms. The number of sulfonamides is 1. The third-order valence-corrected chi connectivity index (χ3v) is 4.41. The Kier molecular flexibility index (Phi) is 3.24. The number of para-hydroxylation sites is 2.